The number of oxazole rings is 1. The molecule has 2 aromatic carbocycles. The molecule has 0 aliphatic carbocycles. The highest BCUT2D eigenvalue weighted by molar-refractivity contribution is 5.90. The predicted molar refractivity (Wildman–Crippen MR) is 152 cm³/mol. The Morgan fingerprint density at radius 2 is 1.88 bits per heavy atom. The lowest BCUT2D eigenvalue weighted by molar-refractivity contribution is -0.138. The number of carbonyl (C=O) groups excluding carboxylic acids is 2. The summed E-state index contributed by atoms with van der Waals surface area (Å²) in [6.07, 6.45) is 1.19. The summed E-state index contributed by atoms with van der Waals surface area (Å²) in [5.74, 6) is 2.04. The summed E-state index contributed by atoms with van der Waals surface area (Å²) in [7, 11) is 0. The standard InChI is InChI=1S/C32H38N2O6/c1-5-37-31(35)28-14-16-34(32(36)39-21-22(2)3)20-26(28)18-24-10-9-13-27(19-24)38-17-15-29-23(4)40-30(33-29)25-11-7-6-8-12-25/h6-13,19,22H,5,14-18,20-21H2,1-4H3. The Kier molecular flexibility index (Phi) is 10.00. The van der Waals surface area contributed by atoms with Gasteiger partial charge < -0.3 is 23.5 Å². The van der Waals surface area contributed by atoms with Crippen molar-refractivity contribution in [1.29, 1.82) is 0 Å². The molecule has 0 bridgehead atoms. The number of rotatable bonds is 11. The van der Waals surface area contributed by atoms with Crippen molar-refractivity contribution in [2.75, 3.05) is 32.9 Å². The van der Waals surface area contributed by atoms with E-state index in [1.54, 1.807) is 11.8 Å². The summed E-state index contributed by atoms with van der Waals surface area (Å²) >= 11 is 0. The van der Waals surface area contributed by atoms with Crippen LogP contribution >= 0.6 is 0 Å². The van der Waals surface area contributed by atoms with Crippen molar-refractivity contribution < 1.29 is 28.2 Å². The van der Waals surface area contributed by atoms with Crippen LogP contribution in [0.25, 0.3) is 11.5 Å². The molecule has 212 valence electrons. The minimum absolute atomic E-state index is 0.251. The van der Waals surface area contributed by atoms with Crippen LogP contribution in [-0.2, 0) is 27.1 Å². The molecular formula is C32H38N2O6. The van der Waals surface area contributed by atoms with Crippen LogP contribution in [0.1, 0.15) is 44.2 Å². The summed E-state index contributed by atoms with van der Waals surface area (Å²) in [6.45, 7) is 9.55. The first-order valence-corrected chi connectivity index (χ1v) is 13.9. The summed E-state index contributed by atoms with van der Waals surface area (Å²) in [4.78, 5) is 31.6. The zero-order chi connectivity index (χ0) is 28.5. The van der Waals surface area contributed by atoms with Gasteiger partial charge in [0.05, 0.1) is 25.5 Å². The molecule has 1 aliphatic heterocycles. The van der Waals surface area contributed by atoms with Crippen molar-refractivity contribution in [3.05, 3.63) is 82.8 Å². The highest BCUT2D eigenvalue weighted by atomic mass is 16.6. The Labute approximate surface area is 235 Å². The Balaban J connectivity index is 1.41. The molecule has 0 N–H and O–H groups in total. The van der Waals surface area contributed by atoms with Gasteiger partial charge in [0.25, 0.3) is 0 Å². The Bertz CT molecular complexity index is 1330. The fourth-order valence-electron chi connectivity index (χ4n) is 4.56. The van der Waals surface area contributed by atoms with E-state index in [1.807, 2.05) is 75.4 Å². The van der Waals surface area contributed by atoms with Gasteiger partial charge in [-0.2, -0.15) is 0 Å². The molecule has 3 aromatic rings. The normalized spacial score (nSPS) is 13.5. The average molecular weight is 547 g/mol. The van der Waals surface area contributed by atoms with E-state index in [-0.39, 0.29) is 18.0 Å². The quantitative estimate of drug-likeness (QED) is 0.266. The smallest absolute Gasteiger partial charge is 0.410 e. The zero-order valence-corrected chi connectivity index (χ0v) is 23.8. The largest absolute Gasteiger partial charge is 0.493 e. The molecule has 0 atom stereocenters. The lowest BCUT2D eigenvalue weighted by Gasteiger charge is -2.30. The lowest BCUT2D eigenvalue weighted by atomic mass is 9.94. The molecule has 40 heavy (non-hydrogen) atoms. The minimum atomic E-state index is -0.357. The highest BCUT2D eigenvalue weighted by Gasteiger charge is 2.28. The molecular weight excluding hydrogens is 508 g/mol. The van der Waals surface area contributed by atoms with Crippen LogP contribution in [0.4, 0.5) is 4.79 Å². The SMILES string of the molecule is CCOC(=O)C1=C(Cc2cccc(OCCc3nc(-c4ccccc4)oc3C)c2)CN(C(=O)OCC(C)C)CC1. The third kappa shape index (κ3) is 7.74. The minimum Gasteiger partial charge on any atom is -0.493 e. The second-order valence-electron chi connectivity index (χ2n) is 10.3. The van der Waals surface area contributed by atoms with E-state index >= 15 is 0 Å². The number of hydrogen-bond acceptors (Lipinski definition) is 7. The Hall–Kier alpha value is -4.07. The van der Waals surface area contributed by atoms with Crippen LogP contribution in [-0.4, -0.2) is 54.9 Å². The van der Waals surface area contributed by atoms with Crippen LogP contribution in [0.3, 0.4) is 0 Å². The number of carbonyl (C=O) groups is 2. The van der Waals surface area contributed by atoms with Gasteiger partial charge in [0.1, 0.15) is 11.5 Å². The molecule has 0 saturated carbocycles. The predicted octanol–water partition coefficient (Wildman–Crippen LogP) is 6.17. The van der Waals surface area contributed by atoms with E-state index in [9.17, 15) is 9.59 Å². The lowest BCUT2D eigenvalue weighted by Crippen LogP contribution is -2.39. The van der Waals surface area contributed by atoms with E-state index < -0.39 is 0 Å². The van der Waals surface area contributed by atoms with Crippen molar-refractivity contribution in [3.63, 3.8) is 0 Å². The molecule has 1 aromatic heterocycles. The van der Waals surface area contributed by atoms with Gasteiger partial charge >= 0.3 is 12.1 Å². The van der Waals surface area contributed by atoms with Gasteiger partial charge in [-0.05, 0) is 68.0 Å². The van der Waals surface area contributed by atoms with Crippen LogP contribution in [0.15, 0.2) is 70.2 Å². The van der Waals surface area contributed by atoms with E-state index in [0.29, 0.717) is 63.6 Å². The van der Waals surface area contributed by atoms with Crippen molar-refractivity contribution in [2.45, 2.75) is 47.0 Å². The van der Waals surface area contributed by atoms with Gasteiger partial charge in [-0.25, -0.2) is 14.6 Å². The van der Waals surface area contributed by atoms with Crippen molar-refractivity contribution in [2.24, 2.45) is 5.92 Å². The molecule has 0 unspecified atom stereocenters. The number of esters is 1. The van der Waals surface area contributed by atoms with Gasteiger partial charge in [0.15, 0.2) is 0 Å². The second-order valence-corrected chi connectivity index (χ2v) is 10.3. The van der Waals surface area contributed by atoms with Crippen LogP contribution < -0.4 is 4.74 Å². The van der Waals surface area contributed by atoms with E-state index in [0.717, 1.165) is 33.9 Å². The van der Waals surface area contributed by atoms with Gasteiger partial charge in [-0.15, -0.1) is 0 Å². The number of hydrogen-bond donors (Lipinski definition) is 0. The summed E-state index contributed by atoms with van der Waals surface area (Å²) < 4.78 is 22.7. The van der Waals surface area contributed by atoms with Crippen LogP contribution in [0.5, 0.6) is 5.75 Å². The third-order valence-electron chi connectivity index (χ3n) is 6.60. The maximum Gasteiger partial charge on any atom is 0.410 e. The average Bonchev–Trinajstić information content (AvgIpc) is 3.32. The topological polar surface area (TPSA) is 91.1 Å². The molecule has 4 rings (SSSR count). The van der Waals surface area contributed by atoms with Crippen molar-refractivity contribution in [1.82, 2.24) is 9.88 Å². The van der Waals surface area contributed by atoms with Gasteiger partial charge in [-0.3, -0.25) is 0 Å². The molecule has 2 heterocycles. The highest BCUT2D eigenvalue weighted by Crippen LogP contribution is 2.26. The molecule has 0 radical (unpaired) electrons. The number of amides is 1. The van der Waals surface area contributed by atoms with Crippen molar-refractivity contribution >= 4 is 12.1 Å². The van der Waals surface area contributed by atoms with Crippen LogP contribution in [0.2, 0.25) is 0 Å². The monoisotopic (exact) mass is 546 g/mol. The van der Waals surface area contributed by atoms with Gasteiger partial charge in [-0.1, -0.05) is 44.2 Å². The number of benzene rings is 2. The van der Waals surface area contributed by atoms with Crippen LogP contribution in [0, 0.1) is 12.8 Å². The first-order chi connectivity index (χ1) is 19.3. The first kappa shape index (κ1) is 28.9. The third-order valence-corrected chi connectivity index (χ3v) is 6.60. The molecule has 0 fully saturated rings. The molecule has 0 spiro atoms. The van der Waals surface area contributed by atoms with E-state index in [1.165, 1.54) is 0 Å². The van der Waals surface area contributed by atoms with Crippen molar-refractivity contribution in [3.8, 4) is 17.2 Å². The maximum absolute atomic E-state index is 12.7. The molecule has 0 saturated heterocycles. The van der Waals surface area contributed by atoms with Gasteiger partial charge in [0, 0.05) is 30.6 Å². The Morgan fingerprint density at radius 3 is 2.62 bits per heavy atom. The molecule has 8 heteroatoms. The zero-order valence-electron chi connectivity index (χ0n) is 23.8. The second kappa shape index (κ2) is 13.8. The maximum atomic E-state index is 12.7. The van der Waals surface area contributed by atoms with E-state index in [4.69, 9.17) is 18.6 Å². The summed E-state index contributed by atoms with van der Waals surface area (Å²) in [5.41, 5.74) is 4.28. The van der Waals surface area contributed by atoms with E-state index in [2.05, 4.69) is 4.98 Å². The van der Waals surface area contributed by atoms with Gasteiger partial charge in [0.2, 0.25) is 5.89 Å². The number of aryl methyl sites for hydroxylation is 1. The fraction of sp³-hybridized carbons (Fsp3) is 0.406. The molecule has 1 amide bonds. The summed E-state index contributed by atoms with van der Waals surface area (Å²) in [5, 5.41) is 0. The molecule has 8 nitrogen and oxygen atoms in total. The number of nitrogens with zero attached hydrogens (tertiary/aromatic N) is 2. The number of aromatic nitrogens is 1. The first-order valence-electron chi connectivity index (χ1n) is 13.9. The fourth-order valence-corrected chi connectivity index (χ4v) is 4.56. The number of ether oxygens (including phenoxy) is 3. The summed E-state index contributed by atoms with van der Waals surface area (Å²) in [6, 6.07) is 17.6. The molecule has 1 aliphatic rings. The Morgan fingerprint density at radius 1 is 1.07 bits per heavy atom.